The van der Waals surface area contributed by atoms with Crippen LogP contribution in [-0.2, 0) is 24.1 Å². The standard InChI is InChI=1S/C22H26O3/c1-15(2)25-20-11-7-16(8-12-20)13-21(22(23)24)19-10-9-17-5-3-4-6-18(17)14-19/h7-12,14-15,21H,3-6,13H2,1-2H3,(H,23,24). The Morgan fingerprint density at radius 2 is 1.72 bits per heavy atom. The smallest absolute Gasteiger partial charge is 0.311 e. The van der Waals surface area contributed by atoms with E-state index < -0.39 is 11.9 Å². The van der Waals surface area contributed by atoms with Gasteiger partial charge in [-0.15, -0.1) is 0 Å². The molecule has 132 valence electrons. The lowest BCUT2D eigenvalue weighted by Crippen LogP contribution is -2.15. The second kappa shape index (κ2) is 7.73. The molecule has 0 fully saturated rings. The van der Waals surface area contributed by atoms with Gasteiger partial charge in [-0.2, -0.15) is 0 Å². The molecule has 0 saturated carbocycles. The minimum Gasteiger partial charge on any atom is -0.491 e. The van der Waals surface area contributed by atoms with Crippen molar-refractivity contribution in [3.63, 3.8) is 0 Å². The number of benzene rings is 2. The molecule has 1 unspecified atom stereocenters. The number of ether oxygens (including phenoxy) is 1. The molecule has 0 bridgehead atoms. The number of rotatable bonds is 6. The Labute approximate surface area is 149 Å². The second-order valence-corrected chi connectivity index (χ2v) is 7.14. The van der Waals surface area contributed by atoms with Crippen molar-refractivity contribution in [2.24, 2.45) is 0 Å². The van der Waals surface area contributed by atoms with Gasteiger partial charge in [-0.05, 0) is 80.3 Å². The van der Waals surface area contributed by atoms with E-state index in [0.717, 1.165) is 29.7 Å². The van der Waals surface area contributed by atoms with Crippen LogP contribution in [0.15, 0.2) is 42.5 Å². The number of carbonyl (C=O) groups is 1. The van der Waals surface area contributed by atoms with E-state index in [1.165, 1.54) is 24.0 Å². The number of carboxylic acids is 1. The number of aliphatic carboxylic acids is 1. The first-order valence-electron chi connectivity index (χ1n) is 9.13. The fourth-order valence-corrected chi connectivity index (χ4v) is 3.53. The molecule has 3 rings (SSSR count). The molecule has 3 heteroatoms. The zero-order chi connectivity index (χ0) is 17.8. The average molecular weight is 338 g/mol. The van der Waals surface area contributed by atoms with Gasteiger partial charge < -0.3 is 9.84 Å². The van der Waals surface area contributed by atoms with Crippen LogP contribution in [0.4, 0.5) is 0 Å². The van der Waals surface area contributed by atoms with Gasteiger partial charge in [-0.3, -0.25) is 4.79 Å². The van der Waals surface area contributed by atoms with Crippen LogP contribution in [0.1, 0.15) is 54.9 Å². The summed E-state index contributed by atoms with van der Waals surface area (Å²) < 4.78 is 5.65. The Morgan fingerprint density at radius 3 is 2.36 bits per heavy atom. The maximum Gasteiger partial charge on any atom is 0.311 e. The van der Waals surface area contributed by atoms with Crippen LogP contribution in [0.5, 0.6) is 5.75 Å². The normalized spacial score (nSPS) is 14.8. The molecule has 2 aromatic carbocycles. The minimum atomic E-state index is -0.765. The van der Waals surface area contributed by atoms with Gasteiger partial charge in [0.25, 0.3) is 0 Å². The van der Waals surface area contributed by atoms with Crippen molar-refractivity contribution in [1.82, 2.24) is 0 Å². The molecule has 0 radical (unpaired) electrons. The van der Waals surface area contributed by atoms with E-state index in [-0.39, 0.29) is 6.10 Å². The topological polar surface area (TPSA) is 46.5 Å². The highest BCUT2D eigenvalue weighted by atomic mass is 16.5. The lowest BCUT2D eigenvalue weighted by molar-refractivity contribution is -0.138. The molecule has 0 saturated heterocycles. The molecule has 0 heterocycles. The fraction of sp³-hybridized carbons (Fsp3) is 0.409. The third-order valence-electron chi connectivity index (χ3n) is 4.81. The minimum absolute atomic E-state index is 0.133. The molecule has 1 aliphatic rings. The van der Waals surface area contributed by atoms with E-state index in [0.29, 0.717) is 6.42 Å². The highest BCUT2D eigenvalue weighted by Crippen LogP contribution is 2.28. The molecule has 0 amide bonds. The van der Waals surface area contributed by atoms with Crippen molar-refractivity contribution in [1.29, 1.82) is 0 Å². The van der Waals surface area contributed by atoms with Gasteiger partial charge in [0.1, 0.15) is 5.75 Å². The number of aryl methyl sites for hydroxylation is 2. The number of fused-ring (bicyclic) bond motifs is 1. The van der Waals surface area contributed by atoms with Crippen molar-refractivity contribution < 1.29 is 14.6 Å². The van der Waals surface area contributed by atoms with Gasteiger partial charge in [0, 0.05) is 0 Å². The molecule has 3 nitrogen and oxygen atoms in total. The Morgan fingerprint density at radius 1 is 1.04 bits per heavy atom. The quantitative estimate of drug-likeness (QED) is 0.826. The summed E-state index contributed by atoms with van der Waals surface area (Å²) >= 11 is 0. The lowest BCUT2D eigenvalue weighted by Gasteiger charge is -2.19. The van der Waals surface area contributed by atoms with Crippen LogP contribution in [-0.4, -0.2) is 17.2 Å². The summed E-state index contributed by atoms with van der Waals surface area (Å²) in [7, 11) is 0. The molecule has 25 heavy (non-hydrogen) atoms. The molecular formula is C22H26O3. The van der Waals surface area contributed by atoms with Gasteiger partial charge in [0.15, 0.2) is 0 Å². The maximum atomic E-state index is 11.9. The third kappa shape index (κ3) is 4.41. The van der Waals surface area contributed by atoms with E-state index in [1.807, 2.05) is 44.2 Å². The van der Waals surface area contributed by atoms with E-state index in [1.54, 1.807) is 0 Å². The summed E-state index contributed by atoms with van der Waals surface area (Å²) in [5.74, 6) is -0.457. The van der Waals surface area contributed by atoms with E-state index in [4.69, 9.17) is 4.74 Å². The molecular weight excluding hydrogens is 312 g/mol. The molecule has 1 aliphatic carbocycles. The second-order valence-electron chi connectivity index (χ2n) is 7.14. The van der Waals surface area contributed by atoms with Crippen molar-refractivity contribution in [2.45, 2.75) is 58.0 Å². The summed E-state index contributed by atoms with van der Waals surface area (Å²) in [6.45, 7) is 3.98. The van der Waals surface area contributed by atoms with Gasteiger partial charge >= 0.3 is 5.97 Å². The van der Waals surface area contributed by atoms with Crippen LogP contribution >= 0.6 is 0 Å². The van der Waals surface area contributed by atoms with Crippen LogP contribution in [0.2, 0.25) is 0 Å². The van der Waals surface area contributed by atoms with Gasteiger partial charge in [0.2, 0.25) is 0 Å². The summed E-state index contributed by atoms with van der Waals surface area (Å²) in [5, 5.41) is 9.74. The van der Waals surface area contributed by atoms with Crippen LogP contribution in [0.3, 0.4) is 0 Å². The lowest BCUT2D eigenvalue weighted by atomic mass is 9.85. The largest absolute Gasteiger partial charge is 0.491 e. The predicted octanol–water partition coefficient (Wildman–Crippen LogP) is 4.76. The van der Waals surface area contributed by atoms with Crippen molar-refractivity contribution in [3.8, 4) is 5.75 Å². The molecule has 0 spiro atoms. The van der Waals surface area contributed by atoms with Crippen LogP contribution in [0, 0.1) is 0 Å². The highest BCUT2D eigenvalue weighted by molar-refractivity contribution is 5.76. The van der Waals surface area contributed by atoms with Crippen molar-refractivity contribution in [3.05, 3.63) is 64.7 Å². The predicted molar refractivity (Wildman–Crippen MR) is 99.4 cm³/mol. The van der Waals surface area contributed by atoms with Crippen molar-refractivity contribution >= 4 is 5.97 Å². The van der Waals surface area contributed by atoms with Gasteiger partial charge in [-0.25, -0.2) is 0 Å². The maximum absolute atomic E-state index is 11.9. The Balaban J connectivity index is 1.78. The van der Waals surface area contributed by atoms with E-state index >= 15 is 0 Å². The summed E-state index contributed by atoms with van der Waals surface area (Å²) in [6.07, 6.45) is 5.25. The van der Waals surface area contributed by atoms with Crippen LogP contribution in [0.25, 0.3) is 0 Å². The average Bonchev–Trinajstić information content (AvgIpc) is 2.60. The first-order chi connectivity index (χ1) is 12.0. The Hall–Kier alpha value is -2.29. The third-order valence-corrected chi connectivity index (χ3v) is 4.81. The van der Waals surface area contributed by atoms with Crippen molar-refractivity contribution in [2.75, 3.05) is 0 Å². The molecule has 1 N–H and O–H groups in total. The fourth-order valence-electron chi connectivity index (χ4n) is 3.53. The zero-order valence-corrected chi connectivity index (χ0v) is 15.0. The van der Waals surface area contributed by atoms with E-state index in [2.05, 4.69) is 12.1 Å². The summed E-state index contributed by atoms with van der Waals surface area (Å²) in [4.78, 5) is 11.9. The molecule has 0 aliphatic heterocycles. The monoisotopic (exact) mass is 338 g/mol. The number of hydrogen-bond acceptors (Lipinski definition) is 2. The Kier molecular flexibility index (Phi) is 5.42. The van der Waals surface area contributed by atoms with Gasteiger partial charge in [-0.1, -0.05) is 30.3 Å². The molecule has 0 aromatic heterocycles. The summed E-state index contributed by atoms with van der Waals surface area (Å²) in [6, 6.07) is 14.0. The molecule has 2 aromatic rings. The number of hydrogen-bond donors (Lipinski definition) is 1. The first kappa shape index (κ1) is 17.5. The number of carboxylic acid groups (broad SMARTS) is 1. The van der Waals surface area contributed by atoms with Gasteiger partial charge in [0.05, 0.1) is 12.0 Å². The van der Waals surface area contributed by atoms with Crippen LogP contribution < -0.4 is 4.74 Å². The highest BCUT2D eigenvalue weighted by Gasteiger charge is 2.22. The summed E-state index contributed by atoms with van der Waals surface area (Å²) in [5.41, 5.74) is 4.64. The zero-order valence-electron chi connectivity index (χ0n) is 15.0. The van der Waals surface area contributed by atoms with E-state index in [9.17, 15) is 9.90 Å². The Bertz CT molecular complexity index is 731. The first-order valence-corrected chi connectivity index (χ1v) is 9.13. The SMILES string of the molecule is CC(C)Oc1ccc(CC(C(=O)O)c2ccc3c(c2)CCCC3)cc1. The molecule has 1 atom stereocenters.